The quantitative estimate of drug-likeness (QED) is 0.785. The van der Waals surface area contributed by atoms with E-state index in [2.05, 4.69) is 71.6 Å². The van der Waals surface area contributed by atoms with Crippen LogP contribution in [0, 0.1) is 18.8 Å². The van der Waals surface area contributed by atoms with Crippen LogP contribution in [0.3, 0.4) is 0 Å². The Bertz CT molecular complexity index is 717. The summed E-state index contributed by atoms with van der Waals surface area (Å²) in [7, 11) is 0. The maximum absolute atomic E-state index is 5.39. The second-order valence-corrected chi connectivity index (χ2v) is 7.96. The van der Waals surface area contributed by atoms with Crippen molar-refractivity contribution in [1.29, 1.82) is 0 Å². The number of hydrogen-bond acceptors (Lipinski definition) is 3. The van der Waals surface area contributed by atoms with E-state index >= 15 is 0 Å². The summed E-state index contributed by atoms with van der Waals surface area (Å²) in [5.41, 5.74) is 3.38. The highest BCUT2D eigenvalue weighted by Crippen LogP contribution is 2.25. The minimum Gasteiger partial charge on any atom is -0.358 e. The number of aromatic nitrogens is 1. The highest BCUT2D eigenvalue weighted by Gasteiger charge is 2.22. The second-order valence-electron chi connectivity index (χ2n) is 7.55. The van der Waals surface area contributed by atoms with Crippen molar-refractivity contribution in [3.63, 3.8) is 0 Å². The first-order valence-electron chi connectivity index (χ1n) is 9.31. The molecule has 1 saturated heterocycles. The second kappa shape index (κ2) is 8.49. The number of pyridine rings is 1. The minimum absolute atomic E-state index is 0.611. The zero-order valence-electron chi connectivity index (χ0n) is 15.8. The third-order valence-corrected chi connectivity index (χ3v) is 5.02. The van der Waals surface area contributed by atoms with Gasteiger partial charge in [-0.2, -0.15) is 0 Å². The van der Waals surface area contributed by atoms with Crippen molar-refractivity contribution in [1.82, 2.24) is 10.3 Å². The molecular formula is C21H28N4S. The monoisotopic (exact) mass is 368 g/mol. The van der Waals surface area contributed by atoms with Crippen LogP contribution < -0.4 is 15.5 Å². The molecule has 1 aromatic carbocycles. The van der Waals surface area contributed by atoms with Gasteiger partial charge in [0.05, 0.1) is 11.9 Å². The van der Waals surface area contributed by atoms with Gasteiger partial charge in [-0.3, -0.25) is 0 Å². The third-order valence-electron chi connectivity index (χ3n) is 4.77. The Hall–Kier alpha value is -2.14. The number of nitrogens with zero attached hydrogens (tertiary/aromatic N) is 2. The zero-order chi connectivity index (χ0) is 18.5. The standard InChI is InChI=1S/C21H28N4S/c1-15-4-6-18(7-5-15)11-23-21(26)24-19-8-9-20(22-12-19)25-13-16(2)10-17(3)14-25/h4-9,12,16-17H,10-11,13-14H2,1-3H3,(H2,23,24,26)/t16-,17+. The highest BCUT2D eigenvalue weighted by molar-refractivity contribution is 7.80. The van der Waals surface area contributed by atoms with Crippen molar-refractivity contribution in [2.45, 2.75) is 33.7 Å². The highest BCUT2D eigenvalue weighted by atomic mass is 32.1. The summed E-state index contributed by atoms with van der Waals surface area (Å²) in [5, 5.41) is 7.06. The fourth-order valence-corrected chi connectivity index (χ4v) is 3.75. The predicted octanol–water partition coefficient (Wildman–Crippen LogP) is 4.36. The molecule has 0 spiro atoms. The van der Waals surface area contributed by atoms with Gasteiger partial charge in [0.2, 0.25) is 0 Å². The lowest BCUT2D eigenvalue weighted by molar-refractivity contribution is 0.355. The van der Waals surface area contributed by atoms with Crippen LogP contribution in [-0.2, 0) is 6.54 Å². The molecule has 3 rings (SSSR count). The van der Waals surface area contributed by atoms with Crippen LogP contribution in [0.15, 0.2) is 42.6 Å². The van der Waals surface area contributed by atoms with Gasteiger partial charge in [-0.1, -0.05) is 43.7 Å². The fourth-order valence-electron chi connectivity index (χ4n) is 3.56. The Morgan fingerprint density at radius 1 is 1.12 bits per heavy atom. The molecule has 26 heavy (non-hydrogen) atoms. The summed E-state index contributed by atoms with van der Waals surface area (Å²) in [4.78, 5) is 7.01. The van der Waals surface area contributed by atoms with Crippen LogP contribution in [0.25, 0.3) is 0 Å². The van der Waals surface area contributed by atoms with E-state index in [9.17, 15) is 0 Å². The molecule has 2 N–H and O–H groups in total. The van der Waals surface area contributed by atoms with E-state index < -0.39 is 0 Å². The predicted molar refractivity (Wildman–Crippen MR) is 114 cm³/mol. The summed E-state index contributed by atoms with van der Waals surface area (Å²) in [5.74, 6) is 2.49. The van der Waals surface area contributed by atoms with E-state index in [0.717, 1.165) is 36.4 Å². The molecule has 0 unspecified atom stereocenters. The van der Waals surface area contributed by atoms with E-state index in [-0.39, 0.29) is 0 Å². The van der Waals surface area contributed by atoms with E-state index in [1.807, 2.05) is 12.3 Å². The SMILES string of the molecule is Cc1ccc(CNC(=S)Nc2ccc(N3C[C@H](C)C[C@H](C)C3)nc2)cc1. The number of aryl methyl sites for hydroxylation is 1. The van der Waals surface area contributed by atoms with E-state index in [1.54, 1.807) is 0 Å². The summed E-state index contributed by atoms with van der Waals surface area (Å²) in [6, 6.07) is 12.6. The molecule has 2 heterocycles. The molecule has 0 amide bonds. The summed E-state index contributed by atoms with van der Waals surface area (Å²) < 4.78 is 0. The van der Waals surface area contributed by atoms with Crippen molar-refractivity contribution in [2.24, 2.45) is 11.8 Å². The van der Waals surface area contributed by atoms with Crippen LogP contribution in [-0.4, -0.2) is 23.2 Å². The third kappa shape index (κ3) is 5.18. The number of rotatable bonds is 4. The zero-order valence-corrected chi connectivity index (χ0v) is 16.6. The number of piperidine rings is 1. The van der Waals surface area contributed by atoms with Crippen LogP contribution >= 0.6 is 12.2 Å². The molecule has 0 bridgehead atoms. The van der Waals surface area contributed by atoms with Crippen LogP contribution in [0.1, 0.15) is 31.4 Å². The Balaban J connectivity index is 1.52. The molecule has 2 atom stereocenters. The van der Waals surface area contributed by atoms with Crippen molar-refractivity contribution < 1.29 is 0 Å². The van der Waals surface area contributed by atoms with E-state index in [0.29, 0.717) is 11.7 Å². The normalized spacial score (nSPS) is 19.9. The van der Waals surface area contributed by atoms with Gasteiger partial charge in [-0.05, 0) is 55.1 Å². The molecule has 1 aromatic heterocycles. The Morgan fingerprint density at radius 2 is 1.81 bits per heavy atom. The van der Waals surface area contributed by atoms with Gasteiger partial charge >= 0.3 is 0 Å². The van der Waals surface area contributed by atoms with Gasteiger partial charge in [0.25, 0.3) is 0 Å². The van der Waals surface area contributed by atoms with Crippen molar-refractivity contribution in [3.8, 4) is 0 Å². The largest absolute Gasteiger partial charge is 0.358 e. The maximum Gasteiger partial charge on any atom is 0.171 e. The minimum atomic E-state index is 0.611. The van der Waals surface area contributed by atoms with E-state index in [1.165, 1.54) is 17.5 Å². The average Bonchev–Trinajstić information content (AvgIpc) is 2.61. The van der Waals surface area contributed by atoms with Crippen molar-refractivity contribution in [3.05, 3.63) is 53.7 Å². The van der Waals surface area contributed by atoms with Gasteiger partial charge in [-0.25, -0.2) is 4.98 Å². The van der Waals surface area contributed by atoms with Gasteiger partial charge in [0, 0.05) is 19.6 Å². The fraction of sp³-hybridized carbons (Fsp3) is 0.429. The van der Waals surface area contributed by atoms with Crippen molar-refractivity contribution in [2.75, 3.05) is 23.3 Å². The van der Waals surface area contributed by atoms with Crippen LogP contribution in [0.4, 0.5) is 11.5 Å². The van der Waals surface area contributed by atoms with Gasteiger partial charge in [-0.15, -0.1) is 0 Å². The van der Waals surface area contributed by atoms with Gasteiger partial charge in [0.15, 0.2) is 5.11 Å². The lowest BCUT2D eigenvalue weighted by Gasteiger charge is -2.35. The molecular weight excluding hydrogens is 340 g/mol. The summed E-state index contributed by atoms with van der Waals surface area (Å²) >= 11 is 5.39. The molecule has 0 saturated carbocycles. The molecule has 2 aromatic rings. The molecule has 4 nitrogen and oxygen atoms in total. The number of thiocarbonyl (C=S) groups is 1. The molecule has 5 heteroatoms. The molecule has 1 aliphatic rings. The van der Waals surface area contributed by atoms with Gasteiger partial charge < -0.3 is 15.5 Å². The number of anilines is 2. The maximum atomic E-state index is 5.39. The first kappa shape index (κ1) is 18.6. The topological polar surface area (TPSA) is 40.2 Å². The molecule has 0 aliphatic carbocycles. The first-order valence-corrected chi connectivity index (χ1v) is 9.72. The number of benzene rings is 1. The molecule has 1 fully saturated rings. The van der Waals surface area contributed by atoms with Crippen molar-refractivity contribution >= 4 is 28.8 Å². The molecule has 0 radical (unpaired) electrons. The Kier molecular flexibility index (Phi) is 6.09. The molecule has 1 aliphatic heterocycles. The summed E-state index contributed by atoms with van der Waals surface area (Å²) in [6.07, 6.45) is 3.16. The first-order chi connectivity index (χ1) is 12.5. The molecule has 138 valence electrons. The average molecular weight is 369 g/mol. The lowest BCUT2D eigenvalue weighted by Crippen LogP contribution is -2.39. The van der Waals surface area contributed by atoms with E-state index in [4.69, 9.17) is 12.2 Å². The lowest BCUT2D eigenvalue weighted by atomic mass is 9.92. The van der Waals surface area contributed by atoms with Crippen LogP contribution in [0.2, 0.25) is 0 Å². The van der Waals surface area contributed by atoms with Crippen LogP contribution in [0.5, 0.6) is 0 Å². The summed E-state index contributed by atoms with van der Waals surface area (Å²) in [6.45, 7) is 9.60. The number of nitrogens with one attached hydrogen (secondary N) is 2. The smallest absolute Gasteiger partial charge is 0.171 e. The number of hydrogen-bond donors (Lipinski definition) is 2. The van der Waals surface area contributed by atoms with Gasteiger partial charge in [0.1, 0.15) is 5.82 Å². The Labute approximate surface area is 162 Å². The Morgan fingerprint density at radius 3 is 2.42 bits per heavy atom.